The minimum atomic E-state index is -1.02. The summed E-state index contributed by atoms with van der Waals surface area (Å²) in [6.07, 6.45) is 14.0. The van der Waals surface area contributed by atoms with Crippen LogP contribution in [0.1, 0.15) is 96.3 Å². The average Bonchev–Trinajstić information content (AvgIpc) is 3.38. The third-order valence-corrected chi connectivity index (χ3v) is 9.62. The molecule has 0 spiro atoms. The van der Waals surface area contributed by atoms with Gasteiger partial charge < -0.3 is 24.2 Å². The Kier molecular flexibility index (Phi) is 10.4. The Morgan fingerprint density at radius 3 is 2.55 bits per heavy atom. The molecule has 1 N–H and O–H groups in total. The Labute approximate surface area is 238 Å². The van der Waals surface area contributed by atoms with Crippen LogP contribution >= 0.6 is 0 Å². The number of aliphatic hydroxyl groups is 1. The number of amides is 1. The van der Waals surface area contributed by atoms with Crippen LogP contribution in [-0.4, -0.2) is 79.1 Å². The largest absolute Gasteiger partial charge is 0.470 e. The topological polar surface area (TPSA) is 129 Å². The number of rotatable bonds is 10. The van der Waals surface area contributed by atoms with E-state index in [1.54, 1.807) is 0 Å². The minimum absolute atomic E-state index is 0.0563. The molecule has 2 aliphatic heterocycles. The fraction of sp³-hybridized carbons (Fsp3) is 0.867. The summed E-state index contributed by atoms with van der Waals surface area (Å²) < 4.78 is 18.5. The highest BCUT2D eigenvalue weighted by atomic mass is 16.5. The molecule has 0 aromatic rings. The van der Waals surface area contributed by atoms with Gasteiger partial charge in [0.1, 0.15) is 0 Å². The Morgan fingerprint density at radius 2 is 1.82 bits per heavy atom. The molecule has 3 fully saturated rings. The van der Waals surface area contributed by atoms with Crippen molar-refractivity contribution < 1.29 is 24.1 Å². The average molecular weight is 558 g/mol. The number of azide groups is 1. The number of hydrogen-bond donors (Lipinski definition) is 1. The summed E-state index contributed by atoms with van der Waals surface area (Å²) in [5.74, 6) is 1.35. The monoisotopic (exact) mass is 557 g/mol. The molecule has 0 aromatic carbocycles. The van der Waals surface area contributed by atoms with Crippen molar-refractivity contribution in [3.05, 3.63) is 21.7 Å². The Balaban J connectivity index is 1.48. The SMILES string of the molecule is [N-]=[N+]=NC1=C([C@@H]2OC(C3CCC(OCCCO)CC3)=N[C@]2(CC2CCCCC2)C(=O)N2CCOCC2)CCCC1. The molecule has 0 aromatic heterocycles. The molecule has 1 saturated heterocycles. The maximum atomic E-state index is 14.7. The van der Waals surface area contributed by atoms with Crippen molar-refractivity contribution in [2.75, 3.05) is 39.5 Å². The van der Waals surface area contributed by atoms with Crippen LogP contribution in [0.15, 0.2) is 21.4 Å². The molecule has 3 aliphatic carbocycles. The number of morpholine rings is 1. The van der Waals surface area contributed by atoms with Gasteiger partial charge in [-0.3, -0.25) is 4.79 Å². The van der Waals surface area contributed by atoms with E-state index in [4.69, 9.17) is 24.3 Å². The van der Waals surface area contributed by atoms with Gasteiger partial charge in [0.2, 0.25) is 0 Å². The first kappa shape index (κ1) is 29.4. The molecular weight excluding hydrogens is 510 g/mol. The van der Waals surface area contributed by atoms with E-state index < -0.39 is 11.6 Å². The van der Waals surface area contributed by atoms with Crippen molar-refractivity contribution in [3.63, 3.8) is 0 Å². The number of allylic oxidation sites excluding steroid dienone is 1. The van der Waals surface area contributed by atoms with Gasteiger partial charge in [0, 0.05) is 42.8 Å². The van der Waals surface area contributed by atoms with Crippen molar-refractivity contribution >= 4 is 11.8 Å². The van der Waals surface area contributed by atoms with Crippen LogP contribution in [0.25, 0.3) is 10.4 Å². The van der Waals surface area contributed by atoms with Crippen molar-refractivity contribution in [1.82, 2.24) is 4.90 Å². The summed E-state index contributed by atoms with van der Waals surface area (Å²) >= 11 is 0. The van der Waals surface area contributed by atoms with E-state index in [1.165, 1.54) is 19.3 Å². The predicted molar refractivity (Wildman–Crippen MR) is 152 cm³/mol. The molecule has 10 nitrogen and oxygen atoms in total. The molecule has 2 heterocycles. The van der Waals surface area contributed by atoms with Crippen LogP contribution in [-0.2, 0) is 19.0 Å². The number of nitrogens with zero attached hydrogens (tertiary/aromatic N) is 5. The number of aliphatic imine (C=N–C) groups is 1. The third-order valence-electron chi connectivity index (χ3n) is 9.62. The van der Waals surface area contributed by atoms with E-state index in [9.17, 15) is 10.3 Å². The fourth-order valence-electron chi connectivity index (χ4n) is 7.47. The number of carbonyl (C=O) groups is 1. The van der Waals surface area contributed by atoms with Gasteiger partial charge in [0.15, 0.2) is 17.5 Å². The summed E-state index contributed by atoms with van der Waals surface area (Å²) in [6.45, 7) is 2.96. The van der Waals surface area contributed by atoms with Gasteiger partial charge >= 0.3 is 0 Å². The second-order valence-electron chi connectivity index (χ2n) is 12.3. The van der Waals surface area contributed by atoms with Gasteiger partial charge in [-0.25, -0.2) is 4.99 Å². The first-order valence-electron chi connectivity index (χ1n) is 15.8. The molecule has 5 aliphatic rings. The lowest BCUT2D eigenvalue weighted by Gasteiger charge is -2.40. The standard InChI is InChI=1S/C30H47N5O5/c31-34-33-26-10-5-4-9-25(26)27-30(21-22-7-2-1-3-8-22,29(37)35-15-19-38-20-16-35)32-28(40-27)23-11-13-24(14-12-23)39-18-6-17-36/h22-24,27,36H,1-21H2/t23?,24?,27-,30-/m0/s1. The van der Waals surface area contributed by atoms with Gasteiger partial charge in [-0.1, -0.05) is 37.2 Å². The Bertz CT molecular complexity index is 975. The summed E-state index contributed by atoms with van der Waals surface area (Å²) in [6, 6.07) is 0. The number of hydrogen-bond acceptors (Lipinski definition) is 7. The molecule has 10 heteroatoms. The van der Waals surface area contributed by atoms with E-state index >= 15 is 0 Å². The summed E-state index contributed by atoms with van der Waals surface area (Å²) in [5.41, 5.74) is 10.1. The molecule has 222 valence electrons. The molecule has 2 atom stereocenters. The van der Waals surface area contributed by atoms with Crippen molar-refractivity contribution in [1.29, 1.82) is 0 Å². The summed E-state index contributed by atoms with van der Waals surface area (Å²) in [7, 11) is 0. The molecule has 40 heavy (non-hydrogen) atoms. The zero-order valence-electron chi connectivity index (χ0n) is 24.0. The zero-order chi connectivity index (χ0) is 27.8. The summed E-state index contributed by atoms with van der Waals surface area (Å²) in [5, 5.41) is 13.2. The van der Waals surface area contributed by atoms with Gasteiger partial charge in [-0.15, -0.1) is 0 Å². The highest BCUT2D eigenvalue weighted by Gasteiger charge is 2.57. The Hall–Kier alpha value is -2.13. The third kappa shape index (κ3) is 6.67. The molecular formula is C30H47N5O5. The van der Waals surface area contributed by atoms with E-state index in [0.717, 1.165) is 81.4 Å². The smallest absolute Gasteiger partial charge is 0.255 e. The maximum absolute atomic E-state index is 14.7. The zero-order valence-corrected chi connectivity index (χ0v) is 24.0. The predicted octanol–water partition coefficient (Wildman–Crippen LogP) is 5.45. The van der Waals surface area contributed by atoms with Gasteiger partial charge in [-0.2, -0.15) is 0 Å². The van der Waals surface area contributed by atoms with Crippen molar-refractivity contribution in [3.8, 4) is 0 Å². The highest BCUT2D eigenvalue weighted by Crippen LogP contribution is 2.47. The summed E-state index contributed by atoms with van der Waals surface area (Å²) in [4.78, 5) is 25.1. The normalized spacial score (nSPS) is 31.9. The van der Waals surface area contributed by atoms with Crippen LogP contribution in [0.2, 0.25) is 0 Å². The van der Waals surface area contributed by atoms with Gasteiger partial charge in [0.05, 0.1) is 19.3 Å². The van der Waals surface area contributed by atoms with Crippen molar-refractivity contribution in [2.24, 2.45) is 21.9 Å². The van der Waals surface area contributed by atoms with Crippen LogP contribution < -0.4 is 0 Å². The maximum Gasteiger partial charge on any atom is 0.255 e. The lowest BCUT2D eigenvalue weighted by Crippen LogP contribution is -2.57. The second kappa shape index (κ2) is 14.2. The fourth-order valence-corrected chi connectivity index (χ4v) is 7.47. The highest BCUT2D eigenvalue weighted by molar-refractivity contribution is 5.95. The number of ether oxygens (including phenoxy) is 3. The lowest BCUT2D eigenvalue weighted by atomic mass is 9.73. The molecule has 0 radical (unpaired) electrons. The van der Waals surface area contributed by atoms with E-state index in [0.29, 0.717) is 51.7 Å². The quantitative estimate of drug-likeness (QED) is 0.165. The first-order chi connectivity index (χ1) is 19.6. The first-order valence-corrected chi connectivity index (χ1v) is 15.8. The number of carbonyl (C=O) groups excluding carboxylic acids is 1. The second-order valence-corrected chi connectivity index (χ2v) is 12.3. The van der Waals surface area contributed by atoms with E-state index in [1.807, 2.05) is 4.90 Å². The lowest BCUT2D eigenvalue weighted by molar-refractivity contribution is -0.144. The van der Waals surface area contributed by atoms with Crippen LogP contribution in [0.4, 0.5) is 0 Å². The van der Waals surface area contributed by atoms with Crippen LogP contribution in [0, 0.1) is 11.8 Å². The van der Waals surface area contributed by atoms with Crippen LogP contribution in [0.3, 0.4) is 0 Å². The molecule has 0 bridgehead atoms. The van der Waals surface area contributed by atoms with Crippen LogP contribution in [0.5, 0.6) is 0 Å². The molecule has 1 amide bonds. The van der Waals surface area contributed by atoms with E-state index in [-0.39, 0.29) is 24.5 Å². The van der Waals surface area contributed by atoms with Gasteiger partial charge in [0.25, 0.3) is 5.91 Å². The van der Waals surface area contributed by atoms with Crippen molar-refractivity contribution in [2.45, 2.75) is 114 Å². The van der Waals surface area contributed by atoms with Gasteiger partial charge in [-0.05, 0) is 81.2 Å². The minimum Gasteiger partial charge on any atom is -0.470 e. The molecule has 2 saturated carbocycles. The molecule has 5 rings (SSSR count). The van der Waals surface area contributed by atoms with E-state index in [2.05, 4.69) is 10.0 Å². The Morgan fingerprint density at radius 1 is 1.07 bits per heavy atom. The molecule has 0 unspecified atom stereocenters. The number of aliphatic hydroxyl groups excluding tert-OH is 1.